The molecule has 0 radical (unpaired) electrons. The van der Waals surface area contributed by atoms with E-state index in [1.165, 1.54) is 24.2 Å². The fourth-order valence-corrected chi connectivity index (χ4v) is 4.02. The molecule has 1 fully saturated rings. The smallest absolute Gasteiger partial charge is 0.192 e. The number of thioether (sulfide) groups is 1. The molecule has 0 saturated carbocycles. The van der Waals surface area contributed by atoms with Gasteiger partial charge in [0.05, 0.1) is 6.04 Å². The molecule has 1 aliphatic heterocycles. The summed E-state index contributed by atoms with van der Waals surface area (Å²) in [6.45, 7) is 4.62. The number of benzene rings is 1. The second kappa shape index (κ2) is 9.07. The van der Waals surface area contributed by atoms with Crippen LogP contribution in [0.4, 0.5) is 0 Å². The van der Waals surface area contributed by atoms with Crippen molar-refractivity contribution in [2.24, 2.45) is 12.0 Å². The number of hydrogen-bond donors (Lipinski definition) is 2. The molecule has 2 unspecified atom stereocenters. The first-order valence-corrected chi connectivity index (χ1v) is 10.3. The van der Waals surface area contributed by atoms with Crippen LogP contribution in [0.15, 0.2) is 35.3 Å². The summed E-state index contributed by atoms with van der Waals surface area (Å²) in [6, 6.07) is 11.1. The van der Waals surface area contributed by atoms with Gasteiger partial charge in [-0.1, -0.05) is 30.3 Å². The number of nitrogens with zero attached hydrogens (tertiary/aromatic N) is 4. The molecule has 1 aliphatic rings. The molecule has 7 heteroatoms. The molecule has 2 aromatic rings. The summed E-state index contributed by atoms with van der Waals surface area (Å²) in [7, 11) is 1.98. The maximum Gasteiger partial charge on any atom is 0.192 e. The van der Waals surface area contributed by atoms with Crippen molar-refractivity contribution >= 4 is 17.7 Å². The lowest BCUT2D eigenvalue weighted by Gasteiger charge is -2.26. The van der Waals surface area contributed by atoms with Crippen LogP contribution in [0.3, 0.4) is 0 Å². The van der Waals surface area contributed by atoms with Crippen LogP contribution in [0.2, 0.25) is 0 Å². The Morgan fingerprint density at radius 1 is 1.35 bits per heavy atom. The quantitative estimate of drug-likeness (QED) is 0.624. The van der Waals surface area contributed by atoms with Crippen molar-refractivity contribution < 1.29 is 0 Å². The Balaban J connectivity index is 1.71. The van der Waals surface area contributed by atoms with Crippen LogP contribution in [-0.4, -0.2) is 38.3 Å². The van der Waals surface area contributed by atoms with Crippen LogP contribution < -0.4 is 10.6 Å². The molecule has 0 aliphatic carbocycles. The van der Waals surface area contributed by atoms with E-state index < -0.39 is 0 Å². The van der Waals surface area contributed by atoms with E-state index in [4.69, 9.17) is 4.99 Å². The first-order chi connectivity index (χ1) is 12.6. The summed E-state index contributed by atoms with van der Waals surface area (Å²) in [4.78, 5) is 4.79. The Morgan fingerprint density at radius 2 is 2.15 bits per heavy atom. The number of guanidine groups is 1. The maximum absolute atomic E-state index is 4.79. The van der Waals surface area contributed by atoms with Crippen LogP contribution in [0, 0.1) is 6.92 Å². The lowest BCUT2D eigenvalue weighted by Crippen LogP contribution is -2.46. The molecule has 2 atom stereocenters. The zero-order valence-electron chi connectivity index (χ0n) is 15.8. The SMILES string of the molecule is Cc1nnc(CN=C(NC2CCCSC2)NC(C)c2ccccc2)n1C. The first kappa shape index (κ1) is 18.8. The highest BCUT2D eigenvalue weighted by atomic mass is 32.2. The lowest BCUT2D eigenvalue weighted by atomic mass is 10.1. The Bertz CT molecular complexity index is 721. The van der Waals surface area contributed by atoms with Gasteiger partial charge >= 0.3 is 0 Å². The third-order valence-electron chi connectivity index (χ3n) is 4.72. The Morgan fingerprint density at radius 3 is 2.81 bits per heavy atom. The molecular weight excluding hydrogens is 344 g/mol. The normalized spacial score (nSPS) is 19.2. The fourth-order valence-electron chi connectivity index (χ4n) is 2.95. The molecule has 2 N–H and O–H groups in total. The van der Waals surface area contributed by atoms with Crippen molar-refractivity contribution in [1.29, 1.82) is 0 Å². The van der Waals surface area contributed by atoms with Crippen molar-refractivity contribution in [3.63, 3.8) is 0 Å². The highest BCUT2D eigenvalue weighted by Gasteiger charge is 2.17. The standard InChI is InChI=1S/C19H28N6S/c1-14(16-8-5-4-6-9-16)21-19(22-17-10-7-11-26-13-17)20-12-18-24-23-15(2)25(18)3/h4-6,8-9,14,17H,7,10-13H2,1-3H3,(H2,20,21,22). The minimum atomic E-state index is 0.180. The summed E-state index contributed by atoms with van der Waals surface area (Å²) in [6.07, 6.45) is 2.45. The highest BCUT2D eigenvalue weighted by Crippen LogP contribution is 2.17. The molecule has 1 aromatic heterocycles. The summed E-state index contributed by atoms with van der Waals surface area (Å²) in [5.74, 6) is 5.00. The number of aryl methyl sites for hydroxylation is 1. The second-order valence-electron chi connectivity index (χ2n) is 6.72. The van der Waals surface area contributed by atoms with Gasteiger partial charge in [-0.15, -0.1) is 10.2 Å². The number of aromatic nitrogens is 3. The van der Waals surface area contributed by atoms with Crippen molar-refractivity contribution in [3.8, 4) is 0 Å². The number of rotatable bonds is 5. The van der Waals surface area contributed by atoms with E-state index in [0.29, 0.717) is 12.6 Å². The van der Waals surface area contributed by atoms with E-state index in [2.05, 4.69) is 52.0 Å². The monoisotopic (exact) mass is 372 g/mol. The maximum atomic E-state index is 4.79. The average Bonchev–Trinajstić information content (AvgIpc) is 2.99. The van der Waals surface area contributed by atoms with E-state index in [1.807, 2.05) is 36.4 Å². The lowest BCUT2D eigenvalue weighted by molar-refractivity contribution is 0.569. The van der Waals surface area contributed by atoms with Crippen LogP contribution in [0.5, 0.6) is 0 Å². The largest absolute Gasteiger partial charge is 0.353 e. The highest BCUT2D eigenvalue weighted by molar-refractivity contribution is 7.99. The Hall–Kier alpha value is -2.02. The van der Waals surface area contributed by atoms with Gasteiger partial charge in [-0.05, 0) is 38.0 Å². The fraction of sp³-hybridized carbons (Fsp3) is 0.526. The van der Waals surface area contributed by atoms with Gasteiger partial charge in [-0.25, -0.2) is 4.99 Å². The topological polar surface area (TPSA) is 67.1 Å². The van der Waals surface area contributed by atoms with Crippen molar-refractivity contribution in [3.05, 3.63) is 47.5 Å². The molecule has 1 saturated heterocycles. The van der Waals surface area contributed by atoms with Gasteiger partial charge in [0.25, 0.3) is 0 Å². The van der Waals surface area contributed by atoms with Crippen LogP contribution >= 0.6 is 11.8 Å². The third-order valence-corrected chi connectivity index (χ3v) is 5.93. The van der Waals surface area contributed by atoms with Crippen LogP contribution in [0.1, 0.15) is 43.0 Å². The van der Waals surface area contributed by atoms with E-state index in [9.17, 15) is 0 Å². The number of nitrogens with one attached hydrogen (secondary N) is 2. The molecular formula is C19H28N6S. The summed E-state index contributed by atoms with van der Waals surface area (Å²) < 4.78 is 1.98. The van der Waals surface area contributed by atoms with Gasteiger partial charge in [0.1, 0.15) is 12.4 Å². The average molecular weight is 373 g/mol. The van der Waals surface area contributed by atoms with Crippen molar-refractivity contribution in [1.82, 2.24) is 25.4 Å². The molecule has 0 bridgehead atoms. The predicted molar refractivity (Wildman–Crippen MR) is 108 cm³/mol. The molecule has 0 spiro atoms. The second-order valence-corrected chi connectivity index (χ2v) is 7.87. The molecule has 140 valence electrons. The van der Waals surface area contributed by atoms with Crippen LogP contribution in [0.25, 0.3) is 0 Å². The number of hydrogen-bond acceptors (Lipinski definition) is 4. The minimum Gasteiger partial charge on any atom is -0.353 e. The minimum absolute atomic E-state index is 0.180. The summed E-state index contributed by atoms with van der Waals surface area (Å²) in [5.41, 5.74) is 1.24. The molecule has 1 aromatic carbocycles. The van der Waals surface area contributed by atoms with E-state index in [-0.39, 0.29) is 6.04 Å². The zero-order chi connectivity index (χ0) is 18.4. The van der Waals surface area contributed by atoms with Gasteiger partial charge < -0.3 is 15.2 Å². The molecule has 3 rings (SSSR count). The zero-order valence-corrected chi connectivity index (χ0v) is 16.6. The number of aliphatic imine (C=N–C) groups is 1. The van der Waals surface area contributed by atoms with Gasteiger partial charge in [-0.2, -0.15) is 11.8 Å². The van der Waals surface area contributed by atoms with Gasteiger partial charge in [-0.3, -0.25) is 0 Å². The summed E-state index contributed by atoms with van der Waals surface area (Å²) in [5, 5.41) is 15.5. The summed E-state index contributed by atoms with van der Waals surface area (Å²) >= 11 is 2.01. The Labute approximate surface area is 159 Å². The first-order valence-electron chi connectivity index (χ1n) is 9.18. The van der Waals surface area contributed by atoms with Crippen molar-refractivity contribution in [2.75, 3.05) is 11.5 Å². The molecule has 2 heterocycles. The van der Waals surface area contributed by atoms with Crippen molar-refractivity contribution in [2.45, 2.75) is 45.3 Å². The van der Waals surface area contributed by atoms with E-state index in [0.717, 1.165) is 23.4 Å². The molecule has 6 nitrogen and oxygen atoms in total. The molecule has 0 amide bonds. The third kappa shape index (κ3) is 5.00. The molecule has 26 heavy (non-hydrogen) atoms. The van der Waals surface area contributed by atoms with Crippen LogP contribution in [-0.2, 0) is 13.6 Å². The van der Waals surface area contributed by atoms with E-state index in [1.54, 1.807) is 0 Å². The van der Waals surface area contributed by atoms with Gasteiger partial charge in [0, 0.05) is 18.8 Å². The van der Waals surface area contributed by atoms with Gasteiger partial charge in [0.2, 0.25) is 0 Å². The predicted octanol–water partition coefficient (Wildman–Crippen LogP) is 2.82. The Kier molecular flexibility index (Phi) is 6.55. The van der Waals surface area contributed by atoms with Gasteiger partial charge in [0.15, 0.2) is 11.8 Å². The van der Waals surface area contributed by atoms with E-state index >= 15 is 0 Å².